The predicted molar refractivity (Wildman–Crippen MR) is 361 cm³/mol. The van der Waals surface area contributed by atoms with Crippen LogP contribution in [0.1, 0.15) is 41.5 Å². The van der Waals surface area contributed by atoms with Crippen molar-refractivity contribution in [3.63, 3.8) is 0 Å². The molecule has 3 aromatic heterocycles. The Hall–Kier alpha value is -9.15. The molecule has 528 valence electrons. The fourth-order valence-electron chi connectivity index (χ4n) is 7.92. The van der Waals surface area contributed by atoms with Gasteiger partial charge in [-0.05, 0) is 148 Å². The average molecular weight is 1500 g/mol. The monoisotopic (exact) mass is 1500 g/mol. The summed E-state index contributed by atoms with van der Waals surface area (Å²) in [6.45, 7) is 6.99. The van der Waals surface area contributed by atoms with Crippen molar-refractivity contribution in [1.29, 1.82) is 0 Å². The smallest absolute Gasteiger partial charge is 0.425 e. The van der Waals surface area contributed by atoms with Gasteiger partial charge in [0.05, 0.1) is 49.0 Å². The van der Waals surface area contributed by atoms with Crippen molar-refractivity contribution in [3.8, 4) is 17.2 Å². The van der Waals surface area contributed by atoms with Crippen LogP contribution in [0.3, 0.4) is 0 Å². The second-order valence-electron chi connectivity index (χ2n) is 20.7. The number of hydrogen-bond acceptors (Lipinski definition) is 21. The molecule has 3 heterocycles. The van der Waals surface area contributed by atoms with Gasteiger partial charge in [-0.2, -0.15) is 39.5 Å². The molecule has 3 unspecified atom stereocenters. The number of benzene rings is 6. The Morgan fingerprint density at radius 2 is 0.556 bits per heavy atom. The molecular formula is C63H60Cl3F9N12O9S3. The van der Waals surface area contributed by atoms with Crippen molar-refractivity contribution in [2.45, 2.75) is 93.1 Å². The van der Waals surface area contributed by atoms with Crippen molar-refractivity contribution in [2.24, 2.45) is 0 Å². The van der Waals surface area contributed by atoms with E-state index in [-0.39, 0.29) is 83.7 Å². The quantitative estimate of drug-likeness (QED) is 0.0307. The lowest BCUT2D eigenvalue weighted by atomic mass is 10.2. The normalized spacial score (nSPS) is 12.8. The molecule has 6 aromatic carbocycles. The van der Waals surface area contributed by atoms with Gasteiger partial charge < -0.3 is 46.1 Å². The predicted octanol–water partition coefficient (Wildman–Crippen LogP) is 17.2. The third-order valence-corrected chi connectivity index (χ3v) is 19.5. The molecule has 9 rings (SSSR count). The highest BCUT2D eigenvalue weighted by Crippen LogP contribution is 2.38. The molecule has 0 radical (unpaired) electrons. The van der Waals surface area contributed by atoms with Gasteiger partial charge in [0.2, 0.25) is 0 Å². The lowest BCUT2D eigenvalue weighted by molar-refractivity contribution is -0.189. The van der Waals surface area contributed by atoms with Crippen LogP contribution in [0.25, 0.3) is 0 Å². The summed E-state index contributed by atoms with van der Waals surface area (Å²) in [5.41, 5.74) is 2.12. The fourth-order valence-corrected chi connectivity index (χ4v) is 11.0. The van der Waals surface area contributed by atoms with Crippen molar-refractivity contribution >= 4 is 133 Å². The molecule has 0 aliphatic heterocycles. The largest absolute Gasteiger partial charge is 0.479 e. The third-order valence-electron chi connectivity index (χ3n) is 13.5. The minimum Gasteiger partial charge on any atom is -0.479 e. The lowest BCUT2D eigenvalue weighted by Crippen LogP contribution is -2.31. The number of halogens is 12. The zero-order valence-electron chi connectivity index (χ0n) is 52.6. The van der Waals surface area contributed by atoms with E-state index in [1.54, 1.807) is 72.8 Å². The topological polar surface area (TPSA) is 280 Å². The molecule has 0 spiro atoms. The van der Waals surface area contributed by atoms with E-state index >= 15 is 0 Å². The van der Waals surface area contributed by atoms with Gasteiger partial charge in [-0.15, -0.1) is 0 Å². The number of rotatable bonds is 24. The van der Waals surface area contributed by atoms with Crippen LogP contribution in [0.2, 0.25) is 15.1 Å². The van der Waals surface area contributed by atoms with E-state index in [9.17, 15) is 64.8 Å². The van der Waals surface area contributed by atoms with Gasteiger partial charge in [-0.25, -0.2) is 55.2 Å². The Kier molecular flexibility index (Phi) is 25.8. The highest BCUT2D eigenvalue weighted by Gasteiger charge is 2.40. The first kappa shape index (κ1) is 77.2. The fraction of sp³-hybridized carbons (Fsp3) is 0.238. The molecule has 0 aliphatic carbocycles. The molecule has 9 aromatic rings. The summed E-state index contributed by atoms with van der Waals surface area (Å²) in [7, 11) is -10.8. The molecule has 3 atom stereocenters. The Morgan fingerprint density at radius 1 is 0.343 bits per heavy atom. The van der Waals surface area contributed by atoms with Gasteiger partial charge in [0.25, 0.3) is 0 Å². The highest BCUT2D eigenvalue weighted by atomic mass is 35.5. The van der Waals surface area contributed by atoms with Crippen molar-refractivity contribution < 1.29 is 79.0 Å². The number of hydrogen-bond donors (Lipinski definition) is 6. The number of alkyl halides is 9. The second-order valence-corrected chi connectivity index (χ2v) is 28.9. The molecule has 0 fully saturated rings. The summed E-state index contributed by atoms with van der Waals surface area (Å²) in [6.07, 6.45) is -16.4. The first-order chi connectivity index (χ1) is 46.4. The summed E-state index contributed by atoms with van der Waals surface area (Å²) < 4.78 is 206. The molecule has 0 saturated heterocycles. The van der Waals surface area contributed by atoms with Crippen LogP contribution < -0.4 is 46.1 Å². The minimum atomic E-state index is -4.60. The number of anilines is 12. The molecule has 0 aliphatic rings. The minimum absolute atomic E-state index is 0.0109. The Bertz CT molecular complexity index is 4120. The molecule has 6 N–H and O–H groups in total. The zero-order chi connectivity index (χ0) is 72.7. The third kappa shape index (κ3) is 23.0. The average Bonchev–Trinajstić information content (AvgIpc) is 0.823. The van der Waals surface area contributed by atoms with Crippen LogP contribution in [-0.4, -0.2) is 109 Å². The van der Waals surface area contributed by atoms with Gasteiger partial charge in [-0.3, -0.25) is 0 Å². The number of sulfone groups is 3. The van der Waals surface area contributed by atoms with Crippen LogP contribution in [0, 0.1) is 0 Å². The van der Waals surface area contributed by atoms with E-state index in [0.29, 0.717) is 49.6 Å². The number of aromatic nitrogens is 6. The molecule has 0 bridgehead atoms. The van der Waals surface area contributed by atoms with Crippen molar-refractivity contribution in [1.82, 2.24) is 29.9 Å². The zero-order valence-corrected chi connectivity index (χ0v) is 57.3. The van der Waals surface area contributed by atoms with Gasteiger partial charge in [0.15, 0.2) is 47.8 Å². The molecule has 0 saturated carbocycles. The summed E-state index contributed by atoms with van der Waals surface area (Å²) >= 11 is 17.6. The summed E-state index contributed by atoms with van der Waals surface area (Å²) in [5.74, 6) is 0.722. The van der Waals surface area contributed by atoms with E-state index in [1.807, 2.05) is 0 Å². The van der Waals surface area contributed by atoms with E-state index in [2.05, 4.69) is 61.8 Å². The van der Waals surface area contributed by atoms with Gasteiger partial charge in [-0.1, -0.05) is 55.6 Å². The van der Waals surface area contributed by atoms with Crippen LogP contribution >= 0.6 is 34.8 Å². The maximum Gasteiger partial charge on any atom is 0.425 e. The summed E-state index contributed by atoms with van der Waals surface area (Å²) in [4.78, 5) is 24.3. The molecule has 0 amide bonds. The summed E-state index contributed by atoms with van der Waals surface area (Å²) in [5, 5.41) is 19.3. The molecule has 36 heteroatoms. The van der Waals surface area contributed by atoms with Gasteiger partial charge in [0.1, 0.15) is 71.1 Å². The van der Waals surface area contributed by atoms with Crippen LogP contribution in [0.15, 0.2) is 179 Å². The van der Waals surface area contributed by atoms with E-state index in [4.69, 9.17) is 49.0 Å². The SMILES string of the molecule is CCS(=O)(=O)c1ccc(OC(C)C(F)(F)F)c(Nc2cc(Nc3ccc(Cl)cc3)ncn2)c1.CCS(=O)(=O)c1ccc(OC(C)C(F)(F)F)c(Nc2cc(Nc3ccc(Cl)cc3)ncn2)c1.CCS(=O)(=O)c1ccc(OC(C)C(F)(F)F)c(Nc2cc(Nc3ccc(Cl)cc3)ncn2)c1. The van der Waals surface area contributed by atoms with E-state index < -0.39 is 66.4 Å². The Morgan fingerprint density at radius 3 is 0.758 bits per heavy atom. The summed E-state index contributed by atoms with van der Waals surface area (Å²) in [6, 6.07) is 35.9. The molecular weight excluding hydrogens is 1440 g/mol. The Balaban J connectivity index is 0.000000209. The highest BCUT2D eigenvalue weighted by molar-refractivity contribution is 7.92. The van der Waals surface area contributed by atoms with E-state index in [1.165, 1.54) is 113 Å². The van der Waals surface area contributed by atoms with Crippen LogP contribution in [-0.2, 0) is 29.5 Å². The van der Waals surface area contributed by atoms with Crippen molar-refractivity contribution in [2.75, 3.05) is 49.2 Å². The van der Waals surface area contributed by atoms with E-state index in [0.717, 1.165) is 20.8 Å². The first-order valence-corrected chi connectivity index (χ1v) is 35.2. The molecule has 99 heavy (non-hydrogen) atoms. The second kappa shape index (κ2) is 33.1. The van der Waals surface area contributed by atoms with Crippen molar-refractivity contribution in [3.05, 3.63) is 180 Å². The van der Waals surface area contributed by atoms with Gasteiger partial charge in [0, 0.05) is 50.3 Å². The Labute approximate surface area is 578 Å². The maximum atomic E-state index is 13.0. The standard InChI is InChI=1S/3C21H20ClF3N4O3S/c3*1-3-33(30,31)16-8-9-18(32-13(2)21(23,24)25)17(10-16)29-20-11-19(26-12-27-20)28-15-6-4-14(22)5-7-15/h3*4-13H,3H2,1-2H3,(H2,26,27,28,29). The number of nitrogens with zero attached hydrogens (tertiary/aromatic N) is 6. The van der Waals surface area contributed by atoms with Gasteiger partial charge >= 0.3 is 18.5 Å². The van der Waals surface area contributed by atoms with Crippen LogP contribution in [0.5, 0.6) is 17.2 Å². The molecule has 21 nitrogen and oxygen atoms in total. The first-order valence-electron chi connectivity index (χ1n) is 29.1. The number of ether oxygens (including phenoxy) is 3. The van der Waals surface area contributed by atoms with Crippen LogP contribution in [0.4, 0.5) is 109 Å². The number of nitrogens with one attached hydrogen (secondary N) is 6. The maximum absolute atomic E-state index is 13.0. The lowest BCUT2D eigenvalue weighted by Gasteiger charge is -2.20.